The molecule has 2 amide bonds. The van der Waals surface area contributed by atoms with Gasteiger partial charge in [0, 0.05) is 25.1 Å². The molecule has 0 fully saturated rings. The maximum absolute atomic E-state index is 11.7. The van der Waals surface area contributed by atoms with Crippen LogP contribution in [0.4, 0.5) is 0 Å². The summed E-state index contributed by atoms with van der Waals surface area (Å²) < 4.78 is 0.529. The highest BCUT2D eigenvalue weighted by Crippen LogP contribution is 2.24. The fourth-order valence-electron chi connectivity index (χ4n) is 1.33. The Kier molecular flexibility index (Phi) is 5.64. The molecular weight excluding hydrogens is 300 g/mol. The molecule has 0 radical (unpaired) electrons. The largest absolute Gasteiger partial charge is 0.507 e. The molecule has 0 heterocycles. The molecule has 0 aliphatic heterocycles. The number of phenols is 1. The summed E-state index contributed by atoms with van der Waals surface area (Å²) >= 11 is 3.13. The zero-order valence-corrected chi connectivity index (χ0v) is 11.6. The molecule has 0 aliphatic rings. The molecule has 3 N–H and O–H groups in total. The van der Waals surface area contributed by atoms with Gasteiger partial charge in [-0.15, -0.1) is 0 Å². The number of aromatic hydroxyl groups is 1. The highest BCUT2D eigenvalue weighted by Gasteiger charge is 2.08. The minimum Gasteiger partial charge on any atom is -0.507 e. The van der Waals surface area contributed by atoms with Crippen LogP contribution in [0.25, 0.3) is 0 Å². The highest BCUT2D eigenvalue weighted by molar-refractivity contribution is 9.10. The zero-order valence-electron chi connectivity index (χ0n) is 10.00. The number of amides is 2. The SMILES string of the molecule is CCNC(=O)CCNC(=O)c1ccc(Br)c(O)c1. The highest BCUT2D eigenvalue weighted by atomic mass is 79.9. The fourth-order valence-corrected chi connectivity index (χ4v) is 1.58. The van der Waals surface area contributed by atoms with Crippen molar-refractivity contribution in [3.05, 3.63) is 28.2 Å². The summed E-state index contributed by atoms with van der Waals surface area (Å²) in [6.45, 7) is 2.68. The third-order valence-corrected chi connectivity index (χ3v) is 2.89. The van der Waals surface area contributed by atoms with Gasteiger partial charge in [0.15, 0.2) is 0 Å². The molecule has 1 aromatic carbocycles. The minimum atomic E-state index is -0.318. The monoisotopic (exact) mass is 314 g/mol. The van der Waals surface area contributed by atoms with Crippen molar-refractivity contribution in [3.8, 4) is 5.75 Å². The summed E-state index contributed by atoms with van der Waals surface area (Å²) in [5.74, 6) is -0.412. The van der Waals surface area contributed by atoms with Crippen molar-refractivity contribution in [2.24, 2.45) is 0 Å². The Morgan fingerprint density at radius 1 is 1.33 bits per heavy atom. The standard InChI is InChI=1S/C12H15BrN2O3/c1-2-14-11(17)5-6-15-12(18)8-3-4-9(13)10(16)7-8/h3-4,7,16H,2,5-6H2,1H3,(H,14,17)(H,15,18). The van der Waals surface area contributed by atoms with Crippen LogP contribution in [0.3, 0.4) is 0 Å². The van der Waals surface area contributed by atoms with Crippen LogP contribution in [0.1, 0.15) is 23.7 Å². The molecule has 0 atom stereocenters. The molecule has 98 valence electrons. The Morgan fingerprint density at radius 3 is 2.67 bits per heavy atom. The van der Waals surface area contributed by atoms with Crippen molar-refractivity contribution >= 4 is 27.7 Å². The van der Waals surface area contributed by atoms with E-state index in [-0.39, 0.29) is 30.5 Å². The van der Waals surface area contributed by atoms with Crippen LogP contribution >= 0.6 is 15.9 Å². The summed E-state index contributed by atoms with van der Waals surface area (Å²) in [5.41, 5.74) is 0.353. The molecule has 0 aliphatic carbocycles. The van der Waals surface area contributed by atoms with E-state index in [1.54, 1.807) is 12.1 Å². The first-order chi connectivity index (χ1) is 8.54. The Morgan fingerprint density at radius 2 is 2.06 bits per heavy atom. The summed E-state index contributed by atoms with van der Waals surface area (Å²) in [6.07, 6.45) is 0.238. The van der Waals surface area contributed by atoms with Crippen LogP contribution in [-0.4, -0.2) is 30.0 Å². The summed E-state index contributed by atoms with van der Waals surface area (Å²) in [4.78, 5) is 22.8. The molecule has 1 aromatic rings. The van der Waals surface area contributed by atoms with Crippen LogP contribution in [-0.2, 0) is 4.79 Å². The number of nitrogens with one attached hydrogen (secondary N) is 2. The Labute approximate surface area is 114 Å². The second kappa shape index (κ2) is 7.00. The van der Waals surface area contributed by atoms with Crippen molar-refractivity contribution < 1.29 is 14.7 Å². The number of carbonyl (C=O) groups excluding carboxylic acids is 2. The van der Waals surface area contributed by atoms with Gasteiger partial charge in [0.25, 0.3) is 5.91 Å². The topological polar surface area (TPSA) is 78.4 Å². The molecule has 0 saturated carbocycles. The van der Waals surface area contributed by atoms with Gasteiger partial charge < -0.3 is 15.7 Å². The van der Waals surface area contributed by atoms with Gasteiger partial charge in [-0.2, -0.15) is 0 Å². The molecule has 0 aromatic heterocycles. The second-order valence-corrected chi connectivity index (χ2v) is 4.48. The maximum Gasteiger partial charge on any atom is 0.251 e. The lowest BCUT2D eigenvalue weighted by atomic mass is 10.2. The Balaban J connectivity index is 2.45. The van der Waals surface area contributed by atoms with Gasteiger partial charge in [0.05, 0.1) is 4.47 Å². The molecule has 0 bridgehead atoms. The third kappa shape index (κ3) is 4.37. The van der Waals surface area contributed by atoms with E-state index in [1.165, 1.54) is 6.07 Å². The van der Waals surface area contributed by atoms with E-state index in [9.17, 15) is 14.7 Å². The van der Waals surface area contributed by atoms with E-state index in [1.807, 2.05) is 6.92 Å². The number of hydrogen-bond donors (Lipinski definition) is 3. The molecule has 1 rings (SSSR count). The zero-order chi connectivity index (χ0) is 13.5. The van der Waals surface area contributed by atoms with Crippen LogP contribution in [0.2, 0.25) is 0 Å². The lowest BCUT2D eigenvalue weighted by Gasteiger charge is -2.06. The van der Waals surface area contributed by atoms with Gasteiger partial charge in [-0.3, -0.25) is 9.59 Å². The third-order valence-electron chi connectivity index (χ3n) is 2.22. The van der Waals surface area contributed by atoms with E-state index >= 15 is 0 Å². The van der Waals surface area contributed by atoms with E-state index in [0.29, 0.717) is 16.6 Å². The molecule has 6 heteroatoms. The van der Waals surface area contributed by atoms with Crippen LogP contribution in [0.5, 0.6) is 5.75 Å². The first-order valence-electron chi connectivity index (χ1n) is 5.58. The number of hydrogen-bond acceptors (Lipinski definition) is 3. The van der Waals surface area contributed by atoms with E-state index < -0.39 is 0 Å². The van der Waals surface area contributed by atoms with E-state index in [2.05, 4.69) is 26.6 Å². The number of benzene rings is 1. The molecule has 0 saturated heterocycles. The molecule has 5 nitrogen and oxygen atoms in total. The first-order valence-corrected chi connectivity index (χ1v) is 6.37. The summed E-state index contributed by atoms with van der Waals surface area (Å²) in [6, 6.07) is 4.55. The predicted octanol–water partition coefficient (Wildman–Crippen LogP) is 1.41. The second-order valence-electron chi connectivity index (χ2n) is 3.63. The lowest BCUT2D eigenvalue weighted by Crippen LogP contribution is -2.30. The maximum atomic E-state index is 11.7. The van der Waals surface area contributed by atoms with Gasteiger partial charge in [0.2, 0.25) is 5.91 Å². The number of phenolic OH excluding ortho intramolecular Hbond substituents is 1. The Bertz CT molecular complexity index is 449. The molecule has 0 spiro atoms. The van der Waals surface area contributed by atoms with Crippen molar-refractivity contribution in [2.45, 2.75) is 13.3 Å². The molecular formula is C12H15BrN2O3. The summed E-state index contributed by atoms with van der Waals surface area (Å²) in [7, 11) is 0. The minimum absolute atomic E-state index is 0.00590. The number of rotatable bonds is 5. The average molecular weight is 315 g/mol. The van der Waals surface area contributed by atoms with E-state index in [4.69, 9.17) is 0 Å². The van der Waals surface area contributed by atoms with Gasteiger partial charge in [-0.1, -0.05) is 0 Å². The number of carbonyl (C=O) groups is 2. The normalized spacial score (nSPS) is 9.89. The van der Waals surface area contributed by atoms with Gasteiger partial charge in [-0.05, 0) is 41.1 Å². The van der Waals surface area contributed by atoms with E-state index in [0.717, 1.165) is 0 Å². The van der Waals surface area contributed by atoms with Crippen molar-refractivity contribution in [1.82, 2.24) is 10.6 Å². The quantitative estimate of drug-likeness (QED) is 0.769. The van der Waals surface area contributed by atoms with Crippen LogP contribution in [0, 0.1) is 0 Å². The van der Waals surface area contributed by atoms with Gasteiger partial charge in [-0.25, -0.2) is 0 Å². The first kappa shape index (κ1) is 14.5. The van der Waals surface area contributed by atoms with Crippen molar-refractivity contribution in [1.29, 1.82) is 0 Å². The van der Waals surface area contributed by atoms with Crippen molar-refractivity contribution in [2.75, 3.05) is 13.1 Å². The number of halogens is 1. The molecule has 18 heavy (non-hydrogen) atoms. The van der Waals surface area contributed by atoms with Crippen LogP contribution in [0.15, 0.2) is 22.7 Å². The lowest BCUT2D eigenvalue weighted by molar-refractivity contribution is -0.120. The van der Waals surface area contributed by atoms with Gasteiger partial charge in [0.1, 0.15) is 5.75 Å². The van der Waals surface area contributed by atoms with Gasteiger partial charge >= 0.3 is 0 Å². The molecule has 0 unspecified atom stereocenters. The predicted molar refractivity (Wildman–Crippen MR) is 71.4 cm³/mol. The smallest absolute Gasteiger partial charge is 0.251 e. The van der Waals surface area contributed by atoms with Crippen LogP contribution < -0.4 is 10.6 Å². The summed E-state index contributed by atoms with van der Waals surface area (Å²) in [5, 5.41) is 14.7. The average Bonchev–Trinajstić information content (AvgIpc) is 2.33. The fraction of sp³-hybridized carbons (Fsp3) is 0.333. The van der Waals surface area contributed by atoms with Crippen molar-refractivity contribution in [3.63, 3.8) is 0 Å². The Hall–Kier alpha value is -1.56.